The van der Waals surface area contributed by atoms with Crippen molar-refractivity contribution in [2.75, 3.05) is 18.9 Å². The van der Waals surface area contributed by atoms with Gasteiger partial charge in [-0.25, -0.2) is 0 Å². The Morgan fingerprint density at radius 1 is 1.69 bits per heavy atom. The molecule has 0 bridgehead atoms. The van der Waals surface area contributed by atoms with Crippen LogP contribution in [0.5, 0.6) is 0 Å². The number of nitrogen functional groups attached to an aromatic ring is 1. The number of nitrogens with two attached hydrogens (primary N) is 1. The molecule has 1 fully saturated rings. The number of anilines is 1. The minimum absolute atomic E-state index is 0.0567. The number of aliphatic hydroxyl groups excluding tert-OH is 1. The Morgan fingerprint density at radius 3 is 2.94 bits per heavy atom. The molecule has 1 aromatic rings. The minimum Gasteiger partial charge on any atom is -0.396 e. The molecule has 0 spiro atoms. The molecule has 0 atom stereocenters. The predicted octanol–water partition coefficient (Wildman–Crippen LogP) is -0.646. The first-order valence-electron chi connectivity index (χ1n) is 5.29. The number of amides is 1. The molecule has 1 amide bonds. The van der Waals surface area contributed by atoms with Crippen molar-refractivity contribution in [2.45, 2.75) is 19.4 Å². The molecule has 4 N–H and O–H groups in total. The van der Waals surface area contributed by atoms with Crippen LogP contribution in [0.25, 0.3) is 0 Å². The lowest BCUT2D eigenvalue weighted by atomic mass is 10.1. The zero-order valence-electron chi connectivity index (χ0n) is 9.02. The highest BCUT2D eigenvalue weighted by Crippen LogP contribution is 2.44. The first kappa shape index (κ1) is 10.9. The van der Waals surface area contributed by atoms with Gasteiger partial charge in [-0.05, 0) is 12.8 Å². The van der Waals surface area contributed by atoms with E-state index in [9.17, 15) is 4.79 Å². The van der Waals surface area contributed by atoms with Gasteiger partial charge in [0.25, 0.3) is 0 Å². The van der Waals surface area contributed by atoms with E-state index >= 15 is 0 Å². The lowest BCUT2D eigenvalue weighted by Crippen LogP contribution is -2.34. The standard InChI is InChI=1S/C10H16N4O2/c11-8-3-13-14(4-8)5-9(16)12-6-10(7-15)1-2-10/h3-4,15H,1-2,5-7,11H2,(H,12,16). The number of nitrogens with one attached hydrogen (secondary N) is 1. The quantitative estimate of drug-likeness (QED) is 0.620. The van der Waals surface area contributed by atoms with E-state index in [1.54, 1.807) is 6.20 Å². The van der Waals surface area contributed by atoms with Crippen molar-refractivity contribution in [3.8, 4) is 0 Å². The van der Waals surface area contributed by atoms with Crippen LogP contribution in [0.3, 0.4) is 0 Å². The van der Waals surface area contributed by atoms with Crippen LogP contribution >= 0.6 is 0 Å². The van der Waals surface area contributed by atoms with E-state index < -0.39 is 0 Å². The van der Waals surface area contributed by atoms with E-state index in [-0.39, 0.29) is 24.5 Å². The fourth-order valence-corrected chi connectivity index (χ4v) is 1.52. The molecular weight excluding hydrogens is 208 g/mol. The highest BCUT2D eigenvalue weighted by atomic mass is 16.3. The molecule has 1 heterocycles. The molecule has 1 saturated carbocycles. The number of aliphatic hydroxyl groups is 1. The number of hydrogen-bond donors (Lipinski definition) is 3. The maximum atomic E-state index is 11.5. The Morgan fingerprint density at radius 2 is 2.44 bits per heavy atom. The predicted molar refractivity (Wildman–Crippen MR) is 58.4 cm³/mol. The van der Waals surface area contributed by atoms with Gasteiger partial charge in [0, 0.05) is 18.2 Å². The molecule has 0 unspecified atom stereocenters. The Balaban J connectivity index is 1.76. The number of hydrogen-bond acceptors (Lipinski definition) is 4. The van der Waals surface area contributed by atoms with E-state index in [0.717, 1.165) is 12.8 Å². The van der Waals surface area contributed by atoms with Crippen LogP contribution in [0.2, 0.25) is 0 Å². The summed E-state index contributed by atoms with van der Waals surface area (Å²) in [6.07, 6.45) is 5.08. The number of nitrogens with zero attached hydrogens (tertiary/aromatic N) is 2. The summed E-state index contributed by atoms with van der Waals surface area (Å²) in [5.74, 6) is -0.108. The molecule has 6 heteroatoms. The fraction of sp³-hybridized carbons (Fsp3) is 0.600. The average molecular weight is 224 g/mol. The van der Waals surface area contributed by atoms with Gasteiger partial charge in [0.1, 0.15) is 6.54 Å². The SMILES string of the molecule is Nc1cnn(CC(=O)NCC2(CO)CC2)c1. The van der Waals surface area contributed by atoms with Crippen molar-refractivity contribution in [3.63, 3.8) is 0 Å². The van der Waals surface area contributed by atoms with Gasteiger partial charge < -0.3 is 16.2 Å². The maximum absolute atomic E-state index is 11.5. The number of rotatable bonds is 5. The number of carbonyl (C=O) groups excluding carboxylic acids is 1. The average Bonchev–Trinajstić information content (AvgIpc) is 2.95. The third-order valence-electron chi connectivity index (χ3n) is 2.91. The number of aromatic nitrogens is 2. The van der Waals surface area contributed by atoms with Crippen LogP contribution in [-0.4, -0.2) is 33.9 Å². The topological polar surface area (TPSA) is 93.2 Å². The third kappa shape index (κ3) is 2.52. The highest BCUT2D eigenvalue weighted by Gasteiger charge is 2.41. The van der Waals surface area contributed by atoms with E-state index in [2.05, 4.69) is 10.4 Å². The van der Waals surface area contributed by atoms with Gasteiger partial charge in [-0.15, -0.1) is 0 Å². The van der Waals surface area contributed by atoms with Gasteiger partial charge in [0.15, 0.2) is 0 Å². The second-order valence-electron chi connectivity index (χ2n) is 4.41. The van der Waals surface area contributed by atoms with Crippen LogP contribution in [0.1, 0.15) is 12.8 Å². The zero-order valence-corrected chi connectivity index (χ0v) is 9.02. The van der Waals surface area contributed by atoms with Crippen molar-refractivity contribution in [2.24, 2.45) is 5.41 Å². The number of carbonyl (C=O) groups is 1. The Kier molecular flexibility index (Phi) is 2.82. The van der Waals surface area contributed by atoms with Crippen molar-refractivity contribution >= 4 is 11.6 Å². The molecule has 16 heavy (non-hydrogen) atoms. The van der Waals surface area contributed by atoms with Gasteiger partial charge in [-0.1, -0.05) is 0 Å². The molecule has 0 aliphatic heterocycles. The van der Waals surface area contributed by atoms with Crippen LogP contribution < -0.4 is 11.1 Å². The summed E-state index contributed by atoms with van der Waals surface area (Å²) >= 11 is 0. The van der Waals surface area contributed by atoms with Gasteiger partial charge in [0.2, 0.25) is 5.91 Å². The monoisotopic (exact) mass is 224 g/mol. The van der Waals surface area contributed by atoms with Crippen LogP contribution in [0.4, 0.5) is 5.69 Å². The minimum atomic E-state index is -0.108. The summed E-state index contributed by atoms with van der Waals surface area (Å²) < 4.78 is 1.49. The lowest BCUT2D eigenvalue weighted by molar-refractivity contribution is -0.122. The second kappa shape index (κ2) is 4.13. The first-order chi connectivity index (χ1) is 7.63. The molecule has 1 aliphatic rings. The maximum Gasteiger partial charge on any atom is 0.241 e. The summed E-state index contributed by atoms with van der Waals surface area (Å²) in [5, 5.41) is 15.8. The summed E-state index contributed by atoms with van der Waals surface area (Å²) in [4.78, 5) is 11.5. The molecule has 2 rings (SSSR count). The van der Waals surface area contributed by atoms with Crippen molar-refractivity contribution < 1.29 is 9.90 Å². The van der Waals surface area contributed by atoms with Gasteiger partial charge in [-0.3, -0.25) is 9.48 Å². The Labute approximate surface area is 93.4 Å². The van der Waals surface area contributed by atoms with E-state index in [0.29, 0.717) is 12.2 Å². The van der Waals surface area contributed by atoms with E-state index in [4.69, 9.17) is 10.8 Å². The molecule has 88 valence electrons. The largest absolute Gasteiger partial charge is 0.396 e. The summed E-state index contributed by atoms with van der Waals surface area (Å²) in [7, 11) is 0. The molecule has 0 aromatic carbocycles. The van der Waals surface area contributed by atoms with Crippen molar-refractivity contribution in [1.29, 1.82) is 0 Å². The van der Waals surface area contributed by atoms with Gasteiger partial charge in [0.05, 0.1) is 18.5 Å². The molecular formula is C10H16N4O2. The summed E-state index contributed by atoms with van der Waals surface area (Å²) in [6, 6.07) is 0. The molecule has 1 aromatic heterocycles. The van der Waals surface area contributed by atoms with Crippen LogP contribution in [0.15, 0.2) is 12.4 Å². The third-order valence-corrected chi connectivity index (χ3v) is 2.91. The van der Waals surface area contributed by atoms with Crippen molar-refractivity contribution in [3.05, 3.63) is 12.4 Å². The van der Waals surface area contributed by atoms with Gasteiger partial charge >= 0.3 is 0 Å². The normalized spacial score (nSPS) is 17.1. The Hall–Kier alpha value is -1.56. The summed E-state index contributed by atoms with van der Waals surface area (Å²) in [6.45, 7) is 0.847. The van der Waals surface area contributed by atoms with Crippen LogP contribution in [-0.2, 0) is 11.3 Å². The molecule has 0 saturated heterocycles. The van der Waals surface area contributed by atoms with E-state index in [1.807, 2.05) is 0 Å². The zero-order chi connectivity index (χ0) is 11.6. The fourth-order valence-electron chi connectivity index (χ4n) is 1.52. The molecule has 0 radical (unpaired) electrons. The smallest absolute Gasteiger partial charge is 0.241 e. The molecule has 6 nitrogen and oxygen atoms in total. The van der Waals surface area contributed by atoms with Crippen LogP contribution in [0, 0.1) is 5.41 Å². The first-order valence-corrected chi connectivity index (χ1v) is 5.29. The Bertz CT molecular complexity index is 384. The van der Waals surface area contributed by atoms with Gasteiger partial charge in [-0.2, -0.15) is 5.10 Å². The lowest BCUT2D eigenvalue weighted by Gasteiger charge is -2.12. The van der Waals surface area contributed by atoms with Crippen molar-refractivity contribution in [1.82, 2.24) is 15.1 Å². The highest BCUT2D eigenvalue weighted by molar-refractivity contribution is 5.75. The van der Waals surface area contributed by atoms with E-state index in [1.165, 1.54) is 10.9 Å². The second-order valence-corrected chi connectivity index (χ2v) is 4.41. The summed E-state index contributed by atoms with van der Waals surface area (Å²) in [5.41, 5.74) is 5.97. The molecule has 1 aliphatic carbocycles.